The third kappa shape index (κ3) is 7.85. The molecule has 1 fully saturated rings. The lowest BCUT2D eigenvalue weighted by Crippen LogP contribution is -2.55. The zero-order valence-electron chi connectivity index (χ0n) is 60.3. The number of nitrogens with zero attached hydrogens (tertiary/aromatic N) is 2. The minimum absolute atomic E-state index is 0.00989. The van der Waals surface area contributed by atoms with Crippen LogP contribution in [0.2, 0.25) is 0 Å². The van der Waals surface area contributed by atoms with Crippen LogP contribution in [0.4, 0.5) is 22.7 Å². The molecule has 472 valence electrons. The molecule has 0 aromatic heterocycles. The van der Waals surface area contributed by atoms with E-state index in [0.717, 1.165) is 6.42 Å². The maximum Gasteiger partial charge on any atom is 0.241 e. The summed E-state index contributed by atoms with van der Waals surface area (Å²) < 4.78 is 0. The molecular weight excluding hydrogens is 1100 g/mol. The smallest absolute Gasteiger partial charge is 0.241 e. The molecule has 6 aromatic carbocycles. The second-order valence-electron chi connectivity index (χ2n) is 38.2. The standard InChI is InChI=1S/C88H107BN2/c1-77(2)35-37-79(5,6)64-44-52(29-31-59(64)77)43-55-56-45-54(91-70-28-24-23-27-61(70)87(21)33-25-26-34-88(87,91)22)47-71-73(56)89(75-72(55)57-48-66-68(50-62(57)85(75,17)18)83(13,14)41-39-81(66,9)10)76-74(90(71)53-30-32-60-65(46-53)80(7,8)38-36-78(60,3)4)58-49-67-69(51-63(58)86(76,19)20)84(15,16)42-40-82(67,11)12/h23-24,27-32,43-51H,25-26,33-42H2,1-22H3/b55-43-. The van der Waals surface area contributed by atoms with Crippen LogP contribution in [0.1, 0.15) is 313 Å². The fourth-order valence-electron chi connectivity index (χ4n) is 21.6. The highest BCUT2D eigenvalue weighted by Gasteiger charge is 2.61. The molecule has 2 unspecified atom stereocenters. The monoisotopic (exact) mass is 1200 g/mol. The van der Waals surface area contributed by atoms with Gasteiger partial charge in [0.2, 0.25) is 6.71 Å². The van der Waals surface area contributed by atoms with Gasteiger partial charge in [0.1, 0.15) is 0 Å². The van der Waals surface area contributed by atoms with Gasteiger partial charge in [-0.05, 0) is 251 Å². The minimum Gasteiger partial charge on any atom is -0.334 e. The summed E-state index contributed by atoms with van der Waals surface area (Å²) in [5.41, 5.74) is 36.7. The van der Waals surface area contributed by atoms with Gasteiger partial charge in [-0.1, -0.05) is 230 Å². The molecule has 3 heteroatoms. The van der Waals surface area contributed by atoms with E-state index in [1.54, 1.807) is 33.2 Å². The number of para-hydroxylation sites is 1. The van der Waals surface area contributed by atoms with Crippen molar-refractivity contribution < 1.29 is 0 Å². The number of allylic oxidation sites excluding steroid dienone is 4. The van der Waals surface area contributed by atoms with Crippen molar-refractivity contribution in [2.75, 3.05) is 9.80 Å². The topological polar surface area (TPSA) is 6.48 Å². The lowest BCUT2D eigenvalue weighted by Gasteiger charge is -2.51. The molecular formula is C88H107BN2. The average Bonchev–Trinajstić information content (AvgIpc) is 1.52. The van der Waals surface area contributed by atoms with Crippen molar-refractivity contribution in [3.63, 3.8) is 0 Å². The van der Waals surface area contributed by atoms with Crippen molar-refractivity contribution in [2.24, 2.45) is 0 Å². The first kappa shape index (κ1) is 60.2. The third-order valence-corrected chi connectivity index (χ3v) is 28.3. The lowest BCUT2D eigenvalue weighted by atomic mass is 9.26. The molecule has 6 aromatic rings. The van der Waals surface area contributed by atoms with Crippen LogP contribution in [0.15, 0.2) is 108 Å². The Morgan fingerprint density at radius 1 is 0.352 bits per heavy atom. The summed E-state index contributed by atoms with van der Waals surface area (Å²) in [4.78, 5) is 5.84. The van der Waals surface area contributed by atoms with E-state index in [1.807, 2.05) is 0 Å². The van der Waals surface area contributed by atoms with Gasteiger partial charge in [0.05, 0.1) is 5.54 Å². The van der Waals surface area contributed by atoms with Crippen LogP contribution in [0.25, 0.3) is 22.9 Å². The molecule has 3 aliphatic heterocycles. The van der Waals surface area contributed by atoms with Gasteiger partial charge >= 0.3 is 0 Å². The van der Waals surface area contributed by atoms with E-state index in [0.29, 0.717) is 0 Å². The van der Waals surface area contributed by atoms with Crippen LogP contribution in [0.3, 0.4) is 0 Å². The molecule has 0 N–H and O–H groups in total. The molecule has 1 saturated carbocycles. The van der Waals surface area contributed by atoms with Crippen molar-refractivity contribution in [1.82, 2.24) is 0 Å². The number of benzene rings is 6. The third-order valence-electron chi connectivity index (χ3n) is 28.3. The first-order chi connectivity index (χ1) is 42.3. The summed E-state index contributed by atoms with van der Waals surface area (Å²) in [5.74, 6) is 0. The summed E-state index contributed by atoms with van der Waals surface area (Å²) in [5, 5.41) is 0. The fraction of sp³-hybridized carbons (Fsp3) is 0.523. The van der Waals surface area contributed by atoms with Crippen LogP contribution in [-0.4, -0.2) is 12.3 Å². The van der Waals surface area contributed by atoms with Crippen LogP contribution in [0, 0.1) is 0 Å². The van der Waals surface area contributed by atoms with E-state index in [9.17, 15) is 0 Å². The molecule has 2 atom stereocenters. The first-order valence-electron chi connectivity index (χ1n) is 36.1. The number of hydrogen-bond donors (Lipinski definition) is 0. The Hall–Kier alpha value is -5.80. The van der Waals surface area contributed by atoms with Gasteiger partial charge in [-0.3, -0.25) is 0 Å². The summed E-state index contributed by atoms with van der Waals surface area (Å²) in [6.45, 7) is 56.4. The van der Waals surface area contributed by atoms with E-state index in [1.165, 1.54) is 177 Å². The van der Waals surface area contributed by atoms with E-state index in [4.69, 9.17) is 0 Å². The second-order valence-corrected chi connectivity index (χ2v) is 38.2. The van der Waals surface area contributed by atoms with Gasteiger partial charge in [-0.15, -0.1) is 0 Å². The Morgan fingerprint density at radius 3 is 1.38 bits per heavy atom. The predicted octanol–water partition coefficient (Wildman–Crippen LogP) is 22.8. The molecule has 7 aliphatic carbocycles. The molecule has 0 amide bonds. The average molecular weight is 1200 g/mol. The van der Waals surface area contributed by atoms with Crippen LogP contribution >= 0.6 is 0 Å². The van der Waals surface area contributed by atoms with Gasteiger partial charge in [-0.25, -0.2) is 0 Å². The Labute approximate surface area is 550 Å². The van der Waals surface area contributed by atoms with Crippen molar-refractivity contribution >= 4 is 57.8 Å². The molecule has 2 nitrogen and oxygen atoms in total. The number of hydrogen-bond acceptors (Lipinski definition) is 2. The summed E-state index contributed by atoms with van der Waals surface area (Å²) in [7, 11) is 0. The van der Waals surface area contributed by atoms with Crippen LogP contribution in [0.5, 0.6) is 0 Å². The molecule has 16 rings (SSSR count). The Bertz CT molecular complexity index is 4350. The summed E-state index contributed by atoms with van der Waals surface area (Å²) in [6.07, 6.45) is 17.1. The Morgan fingerprint density at radius 2 is 0.813 bits per heavy atom. The maximum absolute atomic E-state index is 2.92. The zero-order valence-corrected chi connectivity index (χ0v) is 60.3. The molecule has 91 heavy (non-hydrogen) atoms. The van der Waals surface area contributed by atoms with E-state index < -0.39 is 0 Å². The van der Waals surface area contributed by atoms with Crippen molar-refractivity contribution in [3.05, 3.63) is 191 Å². The van der Waals surface area contributed by atoms with Crippen molar-refractivity contribution in [2.45, 2.75) is 294 Å². The molecule has 0 spiro atoms. The lowest BCUT2D eigenvalue weighted by molar-refractivity contribution is 0.195. The van der Waals surface area contributed by atoms with E-state index >= 15 is 0 Å². The second kappa shape index (κ2) is 18.2. The zero-order chi connectivity index (χ0) is 64.7. The Kier molecular flexibility index (Phi) is 12.0. The summed E-state index contributed by atoms with van der Waals surface area (Å²) in [6, 6.07) is 41.9. The highest BCUT2D eigenvalue weighted by atomic mass is 15.3. The normalized spacial score (nSPS) is 27.8. The number of anilines is 4. The summed E-state index contributed by atoms with van der Waals surface area (Å²) >= 11 is 0. The highest BCUT2D eigenvalue weighted by molar-refractivity contribution is 6.92. The van der Waals surface area contributed by atoms with Crippen molar-refractivity contribution in [1.29, 1.82) is 0 Å². The molecule has 0 bridgehead atoms. The molecule has 3 heterocycles. The van der Waals surface area contributed by atoms with Gasteiger partial charge < -0.3 is 9.80 Å². The van der Waals surface area contributed by atoms with E-state index in [-0.39, 0.29) is 71.8 Å². The van der Waals surface area contributed by atoms with E-state index in [2.05, 4.69) is 265 Å². The van der Waals surface area contributed by atoms with Gasteiger partial charge in [0.25, 0.3) is 0 Å². The van der Waals surface area contributed by atoms with Gasteiger partial charge in [0.15, 0.2) is 0 Å². The highest BCUT2D eigenvalue weighted by Crippen LogP contribution is 2.67. The quantitative estimate of drug-likeness (QED) is 0.163. The maximum atomic E-state index is 2.92. The fourth-order valence-corrected chi connectivity index (χ4v) is 21.6. The number of rotatable bonds is 3. The predicted molar refractivity (Wildman–Crippen MR) is 391 cm³/mol. The molecule has 0 radical (unpaired) electrons. The molecule has 10 aliphatic rings. The largest absolute Gasteiger partial charge is 0.334 e. The Balaban J connectivity index is 1.09. The van der Waals surface area contributed by atoms with Gasteiger partial charge in [0, 0.05) is 50.3 Å². The molecule has 0 saturated heterocycles. The van der Waals surface area contributed by atoms with Crippen molar-refractivity contribution in [3.8, 4) is 0 Å². The number of fused-ring (bicyclic) bond motifs is 13. The van der Waals surface area contributed by atoms with Gasteiger partial charge in [-0.2, -0.15) is 0 Å². The first-order valence-corrected chi connectivity index (χ1v) is 36.1. The minimum atomic E-state index is -0.320. The van der Waals surface area contributed by atoms with Crippen LogP contribution in [-0.2, 0) is 59.6 Å². The SMILES string of the molecule is CC1(C)CCC(C)(C)c2cc(/C=C3\C4=C(B5C6=C(c7cc8c(cc7C6(C)C)C(C)(C)CCC8(C)C)N(c6ccc7c(c6)C(C)(C)CCC7(C)C)c6cc(N7c8ccccc8C8(C)CCCCC78C)cc3c65)C(C)(C)c3cc5c(cc34)C(C)(C)CCC5(C)C)ccc21. The van der Waals surface area contributed by atoms with Crippen LogP contribution < -0.4 is 15.3 Å².